The molecule has 1 nitrogen and oxygen atoms in total. The van der Waals surface area contributed by atoms with Gasteiger partial charge in [0, 0.05) is 6.42 Å². The van der Waals surface area contributed by atoms with Crippen LogP contribution in [0, 0.1) is 17.8 Å². The predicted molar refractivity (Wildman–Crippen MR) is 48.1 cm³/mol. The zero-order chi connectivity index (χ0) is 8.69. The van der Waals surface area contributed by atoms with Crippen LogP contribution >= 0.6 is 0 Å². The highest BCUT2D eigenvalue weighted by atomic mass is 16.3. The highest BCUT2D eigenvalue weighted by Crippen LogP contribution is 2.11. The van der Waals surface area contributed by atoms with E-state index in [9.17, 15) is 5.11 Å². The third kappa shape index (κ3) is 5.94. The Balaban J connectivity index is 3.48. The average Bonchev–Trinajstić information content (AvgIpc) is 2.00. The lowest BCUT2D eigenvalue weighted by Crippen LogP contribution is -2.10. The molecule has 0 rings (SSSR count). The second kappa shape index (κ2) is 6.24. The molecule has 64 valence electrons. The smallest absolute Gasteiger partial charge is 0.0651 e. The van der Waals surface area contributed by atoms with E-state index < -0.39 is 0 Å². The van der Waals surface area contributed by atoms with E-state index in [-0.39, 0.29) is 6.10 Å². The van der Waals surface area contributed by atoms with Gasteiger partial charge in [-0.05, 0) is 19.3 Å². The Morgan fingerprint density at radius 3 is 2.55 bits per heavy atom. The Bertz CT molecular complexity index is 141. The van der Waals surface area contributed by atoms with Gasteiger partial charge in [-0.3, -0.25) is 0 Å². The van der Waals surface area contributed by atoms with Gasteiger partial charge in [0.05, 0.1) is 6.10 Å². The van der Waals surface area contributed by atoms with Crippen LogP contribution in [0.1, 0.15) is 40.0 Å². The van der Waals surface area contributed by atoms with E-state index in [4.69, 9.17) is 0 Å². The van der Waals surface area contributed by atoms with E-state index in [1.165, 1.54) is 0 Å². The summed E-state index contributed by atoms with van der Waals surface area (Å²) in [6, 6.07) is 0. The van der Waals surface area contributed by atoms with Crippen LogP contribution in [-0.4, -0.2) is 11.2 Å². The lowest BCUT2D eigenvalue weighted by atomic mass is 10.00. The van der Waals surface area contributed by atoms with E-state index in [2.05, 4.69) is 25.7 Å². The summed E-state index contributed by atoms with van der Waals surface area (Å²) in [5.74, 6) is 6.27. The van der Waals surface area contributed by atoms with Crippen molar-refractivity contribution in [3.8, 4) is 11.8 Å². The predicted octanol–water partition coefficient (Wildman–Crippen LogP) is 2.20. The van der Waals surface area contributed by atoms with Crippen LogP contribution in [0.25, 0.3) is 0 Å². The quantitative estimate of drug-likeness (QED) is 0.615. The van der Waals surface area contributed by atoms with E-state index in [1.54, 1.807) is 6.92 Å². The summed E-state index contributed by atoms with van der Waals surface area (Å²) in [6.45, 7) is 6.10. The third-order valence-corrected chi connectivity index (χ3v) is 1.89. The minimum atomic E-state index is -0.225. The summed E-state index contributed by atoms with van der Waals surface area (Å²) in [6.07, 6.45) is 2.42. The molecule has 0 aromatic heterocycles. The molecule has 0 aliphatic carbocycles. The van der Waals surface area contributed by atoms with Crippen molar-refractivity contribution in [3.05, 3.63) is 0 Å². The van der Waals surface area contributed by atoms with Crippen molar-refractivity contribution in [2.24, 2.45) is 5.92 Å². The van der Waals surface area contributed by atoms with Gasteiger partial charge in [0.2, 0.25) is 0 Å². The molecule has 0 heterocycles. The van der Waals surface area contributed by atoms with Crippen molar-refractivity contribution >= 4 is 0 Å². The minimum Gasteiger partial charge on any atom is -0.392 e. The third-order valence-electron chi connectivity index (χ3n) is 1.89. The summed E-state index contributed by atoms with van der Waals surface area (Å²) < 4.78 is 0. The van der Waals surface area contributed by atoms with Gasteiger partial charge >= 0.3 is 0 Å². The Hall–Kier alpha value is -0.480. The van der Waals surface area contributed by atoms with Crippen LogP contribution in [0.15, 0.2) is 0 Å². The summed E-state index contributed by atoms with van der Waals surface area (Å²) in [5.41, 5.74) is 0. The molecule has 0 fully saturated rings. The van der Waals surface area contributed by atoms with Crippen molar-refractivity contribution in [2.75, 3.05) is 0 Å². The highest BCUT2D eigenvalue weighted by molar-refractivity contribution is 4.96. The Labute approximate surface area is 69.8 Å². The van der Waals surface area contributed by atoms with Crippen molar-refractivity contribution in [2.45, 2.75) is 46.1 Å². The Morgan fingerprint density at radius 2 is 2.09 bits per heavy atom. The van der Waals surface area contributed by atoms with Crippen LogP contribution in [0.4, 0.5) is 0 Å². The van der Waals surface area contributed by atoms with Crippen LogP contribution in [0.2, 0.25) is 0 Å². The normalized spacial score (nSPS) is 14.9. The first kappa shape index (κ1) is 10.5. The van der Waals surface area contributed by atoms with Gasteiger partial charge in [0.15, 0.2) is 0 Å². The molecule has 0 radical (unpaired) electrons. The summed E-state index contributed by atoms with van der Waals surface area (Å²) in [5, 5.41) is 9.38. The zero-order valence-corrected chi connectivity index (χ0v) is 7.72. The second-order valence-electron chi connectivity index (χ2n) is 3.03. The second-order valence-corrected chi connectivity index (χ2v) is 3.03. The number of hydrogen-bond acceptors (Lipinski definition) is 1. The van der Waals surface area contributed by atoms with Gasteiger partial charge in [-0.2, -0.15) is 0 Å². The molecule has 0 saturated heterocycles. The van der Waals surface area contributed by atoms with Gasteiger partial charge < -0.3 is 5.11 Å². The van der Waals surface area contributed by atoms with Gasteiger partial charge in [-0.1, -0.05) is 20.3 Å². The fourth-order valence-corrected chi connectivity index (χ4v) is 0.934. The summed E-state index contributed by atoms with van der Waals surface area (Å²) >= 11 is 0. The van der Waals surface area contributed by atoms with Crippen molar-refractivity contribution in [1.29, 1.82) is 0 Å². The number of hydrogen-bond donors (Lipinski definition) is 1. The molecular formula is C10H18O. The standard InChI is InChI=1S/C10H18O/c1-4-6-7-10(11)8-9(3)5-2/h9-11H,5,7-8H2,1-3H3. The first-order valence-electron chi connectivity index (χ1n) is 4.28. The molecule has 0 saturated carbocycles. The van der Waals surface area contributed by atoms with Crippen molar-refractivity contribution in [3.63, 3.8) is 0 Å². The molecule has 0 bridgehead atoms. The van der Waals surface area contributed by atoms with Crippen molar-refractivity contribution in [1.82, 2.24) is 0 Å². The molecule has 2 atom stereocenters. The minimum absolute atomic E-state index is 0.225. The van der Waals surface area contributed by atoms with Gasteiger partial charge in [-0.15, -0.1) is 11.8 Å². The molecule has 1 N–H and O–H groups in total. The topological polar surface area (TPSA) is 20.2 Å². The van der Waals surface area contributed by atoms with Gasteiger partial charge in [0.25, 0.3) is 0 Å². The molecular weight excluding hydrogens is 136 g/mol. The zero-order valence-electron chi connectivity index (χ0n) is 7.72. The van der Waals surface area contributed by atoms with Crippen LogP contribution in [0.3, 0.4) is 0 Å². The van der Waals surface area contributed by atoms with Crippen LogP contribution in [-0.2, 0) is 0 Å². The SMILES string of the molecule is CC#CCC(O)CC(C)CC. The number of aliphatic hydroxyl groups excluding tert-OH is 1. The summed E-state index contributed by atoms with van der Waals surface area (Å²) in [7, 11) is 0. The fraction of sp³-hybridized carbons (Fsp3) is 0.800. The fourth-order valence-electron chi connectivity index (χ4n) is 0.934. The first-order chi connectivity index (χ1) is 5.20. The Kier molecular flexibility index (Phi) is 5.97. The monoisotopic (exact) mass is 154 g/mol. The molecule has 11 heavy (non-hydrogen) atoms. The highest BCUT2D eigenvalue weighted by Gasteiger charge is 2.06. The molecule has 0 aliphatic heterocycles. The Morgan fingerprint density at radius 1 is 1.45 bits per heavy atom. The van der Waals surface area contributed by atoms with E-state index in [0.29, 0.717) is 12.3 Å². The molecule has 0 spiro atoms. The molecule has 0 aromatic carbocycles. The molecule has 2 unspecified atom stereocenters. The largest absolute Gasteiger partial charge is 0.392 e. The lowest BCUT2D eigenvalue weighted by Gasteiger charge is -2.11. The van der Waals surface area contributed by atoms with Crippen LogP contribution < -0.4 is 0 Å². The van der Waals surface area contributed by atoms with E-state index in [0.717, 1.165) is 12.8 Å². The summed E-state index contributed by atoms with van der Waals surface area (Å²) in [4.78, 5) is 0. The maximum Gasteiger partial charge on any atom is 0.0651 e. The molecule has 0 aliphatic rings. The van der Waals surface area contributed by atoms with Crippen LogP contribution in [0.5, 0.6) is 0 Å². The number of rotatable bonds is 4. The van der Waals surface area contributed by atoms with Gasteiger partial charge in [-0.25, -0.2) is 0 Å². The van der Waals surface area contributed by atoms with E-state index >= 15 is 0 Å². The molecule has 0 amide bonds. The van der Waals surface area contributed by atoms with E-state index in [1.807, 2.05) is 0 Å². The molecule has 0 aromatic rings. The average molecular weight is 154 g/mol. The number of aliphatic hydroxyl groups is 1. The van der Waals surface area contributed by atoms with Gasteiger partial charge in [0.1, 0.15) is 0 Å². The maximum atomic E-state index is 9.38. The lowest BCUT2D eigenvalue weighted by molar-refractivity contribution is 0.149. The molecule has 1 heteroatoms. The van der Waals surface area contributed by atoms with Crippen molar-refractivity contribution < 1.29 is 5.11 Å². The first-order valence-corrected chi connectivity index (χ1v) is 4.28. The maximum absolute atomic E-state index is 9.38.